The van der Waals surface area contributed by atoms with Crippen molar-refractivity contribution in [3.8, 4) is 0 Å². The molecular weight excluding hydrogens is 210 g/mol. The summed E-state index contributed by atoms with van der Waals surface area (Å²) in [5.41, 5.74) is 2.59. The van der Waals surface area contributed by atoms with Crippen LogP contribution in [0.4, 0.5) is 0 Å². The smallest absolute Gasteiger partial charge is 0.128 e. The molecule has 1 aliphatic heterocycles. The maximum atomic E-state index is 4.73. The van der Waals surface area contributed by atoms with E-state index in [0.717, 1.165) is 31.8 Å². The topological polar surface area (TPSA) is 29.0 Å². The highest BCUT2D eigenvalue weighted by atomic mass is 15.2. The summed E-state index contributed by atoms with van der Waals surface area (Å²) < 4.78 is 0. The van der Waals surface area contributed by atoms with E-state index in [9.17, 15) is 0 Å². The van der Waals surface area contributed by atoms with Crippen molar-refractivity contribution >= 4 is 0 Å². The first-order chi connectivity index (χ1) is 8.06. The van der Waals surface area contributed by atoms with Crippen LogP contribution in [0.5, 0.6) is 0 Å². The Balaban J connectivity index is 2.17. The lowest BCUT2D eigenvalue weighted by Gasteiger charge is -2.31. The van der Waals surface area contributed by atoms with Gasteiger partial charge < -0.3 is 0 Å². The molecule has 0 bridgehead atoms. The van der Waals surface area contributed by atoms with E-state index in [1.54, 1.807) is 0 Å². The summed E-state index contributed by atoms with van der Waals surface area (Å²) >= 11 is 0. The van der Waals surface area contributed by atoms with Crippen LogP contribution >= 0.6 is 0 Å². The van der Waals surface area contributed by atoms with E-state index in [2.05, 4.69) is 37.6 Å². The van der Waals surface area contributed by atoms with Gasteiger partial charge in [-0.1, -0.05) is 13.8 Å². The van der Waals surface area contributed by atoms with E-state index in [0.29, 0.717) is 12.0 Å². The molecule has 1 aromatic heterocycles. The first-order valence-corrected chi connectivity index (χ1v) is 6.64. The van der Waals surface area contributed by atoms with Gasteiger partial charge in [0.2, 0.25) is 0 Å². The van der Waals surface area contributed by atoms with Crippen LogP contribution in [0.2, 0.25) is 0 Å². The van der Waals surface area contributed by atoms with Crippen molar-refractivity contribution in [2.75, 3.05) is 6.54 Å². The number of hydrogen-bond acceptors (Lipinski definition) is 3. The molecule has 17 heavy (non-hydrogen) atoms. The average molecular weight is 233 g/mol. The fraction of sp³-hybridized carbons (Fsp3) is 0.714. The van der Waals surface area contributed by atoms with Gasteiger partial charge in [0.15, 0.2) is 0 Å². The Hall–Kier alpha value is -0.960. The molecule has 3 heteroatoms. The standard InChI is InChI=1S/C14H23N3/c1-10(2)7-14-15-8-12-5-6-17(11(3)4)9-13(12)16-14/h8,10-11H,5-7,9H2,1-4H3. The van der Waals surface area contributed by atoms with Crippen molar-refractivity contribution in [3.05, 3.63) is 23.3 Å². The minimum atomic E-state index is 0.603. The van der Waals surface area contributed by atoms with Crippen molar-refractivity contribution in [1.82, 2.24) is 14.9 Å². The lowest BCUT2D eigenvalue weighted by atomic mass is 10.0. The highest BCUT2D eigenvalue weighted by Crippen LogP contribution is 2.18. The molecule has 94 valence electrons. The summed E-state index contributed by atoms with van der Waals surface area (Å²) in [5, 5.41) is 0. The highest BCUT2D eigenvalue weighted by molar-refractivity contribution is 5.20. The lowest BCUT2D eigenvalue weighted by molar-refractivity contribution is 0.199. The zero-order valence-corrected chi connectivity index (χ0v) is 11.4. The molecule has 0 aromatic carbocycles. The third-order valence-corrected chi connectivity index (χ3v) is 3.35. The van der Waals surface area contributed by atoms with E-state index in [1.165, 1.54) is 11.3 Å². The minimum Gasteiger partial charge on any atom is -0.295 e. The molecule has 3 nitrogen and oxygen atoms in total. The fourth-order valence-corrected chi connectivity index (χ4v) is 2.27. The Morgan fingerprint density at radius 3 is 2.71 bits per heavy atom. The van der Waals surface area contributed by atoms with Crippen LogP contribution in [-0.2, 0) is 19.4 Å². The maximum absolute atomic E-state index is 4.73. The van der Waals surface area contributed by atoms with Crippen LogP contribution < -0.4 is 0 Å². The number of hydrogen-bond donors (Lipinski definition) is 0. The second kappa shape index (κ2) is 5.13. The van der Waals surface area contributed by atoms with E-state index < -0.39 is 0 Å². The van der Waals surface area contributed by atoms with Gasteiger partial charge in [-0.3, -0.25) is 4.90 Å². The van der Waals surface area contributed by atoms with Gasteiger partial charge in [-0.25, -0.2) is 9.97 Å². The largest absolute Gasteiger partial charge is 0.295 e. The number of nitrogens with zero attached hydrogens (tertiary/aromatic N) is 3. The summed E-state index contributed by atoms with van der Waals surface area (Å²) in [4.78, 5) is 11.7. The Labute approximate surface area is 104 Å². The molecule has 1 aliphatic rings. The molecule has 0 fully saturated rings. The van der Waals surface area contributed by atoms with E-state index in [-0.39, 0.29) is 0 Å². The molecule has 0 radical (unpaired) electrons. The second-order valence-electron chi connectivity index (χ2n) is 5.67. The second-order valence-corrected chi connectivity index (χ2v) is 5.67. The third kappa shape index (κ3) is 3.03. The van der Waals surface area contributed by atoms with Gasteiger partial charge in [-0.2, -0.15) is 0 Å². The first kappa shape index (κ1) is 12.5. The SMILES string of the molecule is CC(C)Cc1ncc2c(n1)CN(C(C)C)CC2. The lowest BCUT2D eigenvalue weighted by Crippen LogP contribution is -2.36. The summed E-state index contributed by atoms with van der Waals surface area (Å²) in [6.07, 6.45) is 4.11. The predicted octanol–water partition coefficient (Wildman–Crippen LogP) is 2.44. The van der Waals surface area contributed by atoms with Crippen molar-refractivity contribution in [2.24, 2.45) is 5.92 Å². The van der Waals surface area contributed by atoms with Crippen LogP contribution in [0.3, 0.4) is 0 Å². The Bertz CT molecular complexity index is 385. The number of fused-ring (bicyclic) bond motifs is 1. The Kier molecular flexibility index (Phi) is 3.77. The number of rotatable bonds is 3. The molecule has 0 saturated carbocycles. The van der Waals surface area contributed by atoms with E-state index in [4.69, 9.17) is 4.98 Å². The molecule has 0 spiro atoms. The van der Waals surface area contributed by atoms with Crippen LogP contribution in [0.1, 0.15) is 44.8 Å². The van der Waals surface area contributed by atoms with E-state index in [1.807, 2.05) is 6.20 Å². The summed E-state index contributed by atoms with van der Waals surface area (Å²) in [6, 6.07) is 0.603. The van der Waals surface area contributed by atoms with Gasteiger partial charge >= 0.3 is 0 Å². The van der Waals surface area contributed by atoms with Gasteiger partial charge in [-0.05, 0) is 31.7 Å². The summed E-state index contributed by atoms with van der Waals surface area (Å²) in [7, 11) is 0. The fourth-order valence-electron chi connectivity index (χ4n) is 2.27. The molecule has 1 aromatic rings. The predicted molar refractivity (Wildman–Crippen MR) is 69.8 cm³/mol. The quantitative estimate of drug-likeness (QED) is 0.803. The summed E-state index contributed by atoms with van der Waals surface area (Å²) in [5.74, 6) is 1.63. The van der Waals surface area contributed by atoms with Gasteiger partial charge in [0, 0.05) is 31.7 Å². The molecule has 2 rings (SSSR count). The van der Waals surface area contributed by atoms with Crippen LogP contribution in [0.25, 0.3) is 0 Å². The normalized spacial score (nSPS) is 16.6. The molecule has 2 heterocycles. The van der Waals surface area contributed by atoms with Gasteiger partial charge in [-0.15, -0.1) is 0 Å². The molecule has 0 saturated heterocycles. The molecule has 0 amide bonds. The molecule has 0 atom stereocenters. The van der Waals surface area contributed by atoms with Gasteiger partial charge in [0.05, 0.1) is 5.69 Å². The number of aromatic nitrogens is 2. The van der Waals surface area contributed by atoms with Gasteiger partial charge in [0.25, 0.3) is 0 Å². The van der Waals surface area contributed by atoms with E-state index >= 15 is 0 Å². The van der Waals surface area contributed by atoms with Crippen molar-refractivity contribution in [2.45, 2.75) is 53.1 Å². The van der Waals surface area contributed by atoms with Gasteiger partial charge in [0.1, 0.15) is 5.82 Å². The maximum Gasteiger partial charge on any atom is 0.128 e. The zero-order chi connectivity index (χ0) is 12.4. The molecule has 0 N–H and O–H groups in total. The summed E-state index contributed by atoms with van der Waals surface area (Å²) in [6.45, 7) is 11.0. The molecule has 0 unspecified atom stereocenters. The highest BCUT2D eigenvalue weighted by Gasteiger charge is 2.20. The minimum absolute atomic E-state index is 0.603. The van der Waals surface area contributed by atoms with Crippen LogP contribution in [0.15, 0.2) is 6.20 Å². The molecular formula is C14H23N3. The third-order valence-electron chi connectivity index (χ3n) is 3.35. The molecule has 0 aliphatic carbocycles. The van der Waals surface area contributed by atoms with Crippen molar-refractivity contribution < 1.29 is 0 Å². The van der Waals surface area contributed by atoms with Crippen molar-refractivity contribution in [3.63, 3.8) is 0 Å². The Morgan fingerprint density at radius 1 is 1.29 bits per heavy atom. The van der Waals surface area contributed by atoms with Crippen LogP contribution in [-0.4, -0.2) is 27.5 Å². The zero-order valence-electron chi connectivity index (χ0n) is 11.4. The van der Waals surface area contributed by atoms with Crippen molar-refractivity contribution in [1.29, 1.82) is 0 Å². The average Bonchev–Trinajstić information content (AvgIpc) is 2.27. The first-order valence-electron chi connectivity index (χ1n) is 6.64. The monoisotopic (exact) mass is 233 g/mol. The Morgan fingerprint density at radius 2 is 2.06 bits per heavy atom. The van der Waals surface area contributed by atoms with Crippen LogP contribution in [0, 0.1) is 5.92 Å².